The highest BCUT2D eigenvalue weighted by Crippen LogP contribution is 2.27. The lowest BCUT2D eigenvalue weighted by atomic mass is 10.0. The quantitative estimate of drug-likeness (QED) is 0.707. The molecule has 1 heterocycles. The largest absolute Gasteiger partial charge is 0.379 e. The van der Waals surface area contributed by atoms with Crippen molar-refractivity contribution in [3.8, 4) is 0 Å². The average molecular weight is 325 g/mol. The summed E-state index contributed by atoms with van der Waals surface area (Å²) in [5, 5.41) is 8.48. The summed E-state index contributed by atoms with van der Waals surface area (Å²) < 4.78 is 10.1. The maximum Gasteiger partial charge on any atom is 0.314 e. The van der Waals surface area contributed by atoms with E-state index in [1.807, 2.05) is 0 Å². The smallest absolute Gasteiger partial charge is 0.314 e. The first-order valence-electron chi connectivity index (χ1n) is 6.55. The van der Waals surface area contributed by atoms with E-state index in [0.717, 1.165) is 0 Å². The van der Waals surface area contributed by atoms with Crippen LogP contribution in [0.25, 0.3) is 0 Å². The zero-order valence-corrected chi connectivity index (χ0v) is 12.7. The third-order valence-corrected chi connectivity index (χ3v) is 3.75. The van der Waals surface area contributed by atoms with E-state index < -0.39 is 0 Å². The zero-order valence-electron chi connectivity index (χ0n) is 11.9. The predicted molar refractivity (Wildman–Crippen MR) is 79.0 cm³/mol. The Kier molecular flexibility index (Phi) is 5.73. The number of rotatable bonds is 7. The molecule has 0 aliphatic heterocycles. The molecule has 0 aromatic carbocycles. The van der Waals surface area contributed by atoms with Gasteiger partial charge in [-0.15, -0.1) is 11.8 Å². The number of aromatic nitrogens is 1. The van der Waals surface area contributed by atoms with Crippen LogP contribution in [-0.2, 0) is 4.74 Å². The van der Waals surface area contributed by atoms with Gasteiger partial charge in [-0.1, -0.05) is 5.16 Å². The van der Waals surface area contributed by atoms with Gasteiger partial charge in [0.1, 0.15) is 0 Å². The van der Waals surface area contributed by atoms with Gasteiger partial charge in [0.25, 0.3) is 0 Å². The van der Waals surface area contributed by atoms with Gasteiger partial charge in [0.15, 0.2) is 0 Å². The summed E-state index contributed by atoms with van der Waals surface area (Å²) >= 11 is 1.24. The van der Waals surface area contributed by atoms with Crippen LogP contribution < -0.4 is 10.6 Å². The molecule has 1 aromatic heterocycles. The number of nitrogens with zero attached hydrogens (tertiary/aromatic N) is 1. The van der Waals surface area contributed by atoms with Crippen LogP contribution in [-0.4, -0.2) is 55.3 Å². The molecule has 1 aliphatic carbocycles. The van der Waals surface area contributed by atoms with Crippen molar-refractivity contribution in [2.24, 2.45) is 0 Å². The van der Waals surface area contributed by atoms with Gasteiger partial charge in [0.05, 0.1) is 29.9 Å². The van der Waals surface area contributed by atoms with Crippen LogP contribution in [0.3, 0.4) is 0 Å². The number of Topliss-reactive ketones (excluding diaryl/α,β-unsaturated/α-hetero) is 1. The third-order valence-electron chi connectivity index (χ3n) is 2.77. The normalized spacial score (nSPS) is 13.6. The number of urea groups is 1. The molecule has 2 rings (SSSR count). The highest BCUT2D eigenvalue weighted by atomic mass is 32.2. The molecule has 9 heteroatoms. The lowest BCUT2D eigenvalue weighted by Crippen LogP contribution is -2.35. The second kappa shape index (κ2) is 7.76. The fraction of sp³-hybridized carbons (Fsp3) is 0.385. The van der Waals surface area contributed by atoms with E-state index in [1.165, 1.54) is 31.1 Å². The average Bonchev–Trinajstić information content (AvgIpc) is 3.01. The summed E-state index contributed by atoms with van der Waals surface area (Å²) in [6.07, 6.45) is 2.51. The summed E-state index contributed by atoms with van der Waals surface area (Å²) in [5.74, 6) is -0.107. The second-order valence-electron chi connectivity index (χ2n) is 4.24. The highest BCUT2D eigenvalue weighted by Gasteiger charge is 2.29. The van der Waals surface area contributed by atoms with Crippen LogP contribution in [0.2, 0.25) is 0 Å². The number of nitrogens with one attached hydrogen (secondary N) is 2. The minimum Gasteiger partial charge on any atom is -0.379 e. The van der Waals surface area contributed by atoms with E-state index >= 15 is 0 Å². The Labute approximate surface area is 130 Å². The molecule has 0 radical (unpaired) electrons. The van der Waals surface area contributed by atoms with E-state index in [9.17, 15) is 14.4 Å². The fourth-order valence-electron chi connectivity index (χ4n) is 1.71. The molecule has 0 unspecified atom stereocenters. The lowest BCUT2D eigenvalue weighted by molar-refractivity contribution is 0.0967. The Balaban J connectivity index is 1.69. The monoisotopic (exact) mass is 325 g/mol. The maximum absolute atomic E-state index is 12.1. The molecule has 1 aliphatic rings. The van der Waals surface area contributed by atoms with Crippen LogP contribution in [0, 0.1) is 0 Å². The van der Waals surface area contributed by atoms with E-state index in [0.29, 0.717) is 30.4 Å². The molecular formula is C13H15N3O5S. The SMILES string of the molecule is CNC(=O)NCCOCCSC1=CC(=O)c2oncc2C1=O. The molecular weight excluding hydrogens is 310 g/mol. The topological polar surface area (TPSA) is 111 Å². The number of ether oxygens (including phenoxy) is 1. The van der Waals surface area contributed by atoms with Crippen LogP contribution in [0.15, 0.2) is 21.7 Å². The Morgan fingerprint density at radius 1 is 1.41 bits per heavy atom. The number of hydrogen-bond donors (Lipinski definition) is 2. The van der Waals surface area contributed by atoms with Gasteiger partial charge in [-0.05, 0) is 0 Å². The fourth-order valence-corrected chi connectivity index (χ4v) is 2.56. The van der Waals surface area contributed by atoms with Gasteiger partial charge in [-0.3, -0.25) is 9.59 Å². The molecule has 0 fully saturated rings. The van der Waals surface area contributed by atoms with Crippen molar-refractivity contribution in [2.75, 3.05) is 32.6 Å². The van der Waals surface area contributed by atoms with Crippen molar-refractivity contribution in [3.05, 3.63) is 28.5 Å². The minimum atomic E-state index is -0.356. The summed E-state index contributed by atoms with van der Waals surface area (Å²) in [7, 11) is 1.53. The molecule has 2 N–H and O–H groups in total. The van der Waals surface area contributed by atoms with E-state index in [-0.39, 0.29) is 28.9 Å². The second-order valence-corrected chi connectivity index (χ2v) is 5.37. The van der Waals surface area contributed by atoms with Crippen molar-refractivity contribution in [2.45, 2.75) is 0 Å². The number of amides is 2. The van der Waals surface area contributed by atoms with Gasteiger partial charge in [0.2, 0.25) is 17.3 Å². The van der Waals surface area contributed by atoms with Crippen molar-refractivity contribution in [3.63, 3.8) is 0 Å². The zero-order chi connectivity index (χ0) is 15.9. The van der Waals surface area contributed by atoms with Crippen LogP contribution in [0.1, 0.15) is 20.9 Å². The van der Waals surface area contributed by atoms with Gasteiger partial charge in [0, 0.05) is 25.4 Å². The van der Waals surface area contributed by atoms with Gasteiger partial charge in [-0.2, -0.15) is 0 Å². The standard InChI is InChI=1S/C13H15N3O5S/c1-14-13(19)15-2-3-20-4-5-22-10-6-9(17)12-8(11(10)18)7-16-21-12/h6-7H,2-5H2,1H3,(H2,14,15,19). The maximum atomic E-state index is 12.1. The molecule has 22 heavy (non-hydrogen) atoms. The number of thioether (sulfide) groups is 1. The van der Waals surface area contributed by atoms with Crippen LogP contribution in [0.4, 0.5) is 4.79 Å². The molecule has 1 aromatic rings. The van der Waals surface area contributed by atoms with E-state index in [1.54, 1.807) is 0 Å². The number of ketones is 2. The van der Waals surface area contributed by atoms with Crippen LogP contribution >= 0.6 is 11.8 Å². The molecule has 0 saturated heterocycles. The van der Waals surface area contributed by atoms with E-state index in [4.69, 9.17) is 9.26 Å². The van der Waals surface area contributed by atoms with Gasteiger partial charge < -0.3 is 19.9 Å². The Morgan fingerprint density at radius 2 is 2.23 bits per heavy atom. The molecule has 0 spiro atoms. The first-order chi connectivity index (χ1) is 10.6. The Bertz CT molecular complexity index is 611. The number of allylic oxidation sites excluding steroid dienone is 2. The summed E-state index contributed by atoms with van der Waals surface area (Å²) in [6, 6.07) is -0.265. The highest BCUT2D eigenvalue weighted by molar-refractivity contribution is 8.04. The lowest BCUT2D eigenvalue weighted by Gasteiger charge is -2.10. The van der Waals surface area contributed by atoms with Crippen molar-refractivity contribution < 1.29 is 23.6 Å². The number of hydrogen-bond acceptors (Lipinski definition) is 7. The summed E-state index contributed by atoms with van der Waals surface area (Å²) in [4.78, 5) is 35.0. The van der Waals surface area contributed by atoms with Crippen LogP contribution in [0.5, 0.6) is 0 Å². The summed E-state index contributed by atoms with van der Waals surface area (Å²) in [6.45, 7) is 1.17. The molecule has 2 amide bonds. The van der Waals surface area contributed by atoms with Crippen molar-refractivity contribution >= 4 is 29.4 Å². The Hall–Kier alpha value is -2.13. The summed E-state index contributed by atoms with van der Waals surface area (Å²) in [5.41, 5.74) is 0.200. The molecule has 118 valence electrons. The molecule has 8 nitrogen and oxygen atoms in total. The molecule has 0 saturated carbocycles. The van der Waals surface area contributed by atoms with Gasteiger partial charge >= 0.3 is 6.03 Å². The van der Waals surface area contributed by atoms with Crippen molar-refractivity contribution in [1.82, 2.24) is 15.8 Å². The molecule has 0 bridgehead atoms. The minimum absolute atomic E-state index is 0.00845. The number of carbonyl (C=O) groups is 3. The van der Waals surface area contributed by atoms with Crippen molar-refractivity contribution in [1.29, 1.82) is 0 Å². The van der Waals surface area contributed by atoms with Gasteiger partial charge in [-0.25, -0.2) is 4.79 Å². The molecule has 0 atom stereocenters. The number of carbonyl (C=O) groups excluding carboxylic acids is 3. The first kappa shape index (κ1) is 16.2. The van der Waals surface area contributed by atoms with E-state index in [2.05, 4.69) is 15.8 Å². The first-order valence-corrected chi connectivity index (χ1v) is 7.53. The Morgan fingerprint density at radius 3 is 3.00 bits per heavy atom. The predicted octanol–water partition coefficient (Wildman–Crippen LogP) is 0.616. The number of fused-ring (bicyclic) bond motifs is 1. The third kappa shape index (κ3) is 3.95.